The van der Waals surface area contributed by atoms with E-state index in [2.05, 4.69) is 29.0 Å². The summed E-state index contributed by atoms with van der Waals surface area (Å²) >= 11 is 0. The molecule has 0 spiro atoms. The van der Waals surface area contributed by atoms with Crippen molar-refractivity contribution in [1.82, 2.24) is 9.88 Å². The summed E-state index contributed by atoms with van der Waals surface area (Å²) in [4.78, 5) is 19.0. The Morgan fingerprint density at radius 2 is 2.09 bits per heavy atom. The number of amides is 1. The molecule has 122 valence electrons. The predicted molar refractivity (Wildman–Crippen MR) is 84.8 cm³/mol. The number of ether oxygens (including phenoxy) is 1. The highest BCUT2D eigenvalue weighted by atomic mass is 16.5. The average Bonchev–Trinajstić information content (AvgIpc) is 2.55. The summed E-state index contributed by atoms with van der Waals surface area (Å²) < 4.78 is 5.39. The van der Waals surface area contributed by atoms with Crippen LogP contribution >= 0.6 is 0 Å². The number of hydrogen-bond acceptors (Lipinski definition) is 5. The zero-order valence-electron chi connectivity index (χ0n) is 13.3. The standard InChI is InChI=1S/C16H25N3O3/c1-3-12(4-2)14(19-8-10-22-11-9-19)16(21)18-15-13(20)6-5-7-17-15/h5-7,12,14,20H,3-4,8-11H2,1-2H3,(H,17,18,21). The van der Waals surface area contributed by atoms with Crippen LogP contribution in [0.4, 0.5) is 5.82 Å². The molecule has 6 heteroatoms. The molecule has 1 aromatic rings. The second-order valence-electron chi connectivity index (χ2n) is 5.53. The molecular weight excluding hydrogens is 282 g/mol. The van der Waals surface area contributed by atoms with E-state index in [0.29, 0.717) is 13.2 Å². The van der Waals surface area contributed by atoms with E-state index in [9.17, 15) is 9.90 Å². The number of morpholine rings is 1. The Kier molecular flexibility index (Phi) is 6.15. The molecule has 1 fully saturated rings. The molecule has 2 rings (SSSR count). The fourth-order valence-electron chi connectivity index (χ4n) is 2.95. The van der Waals surface area contributed by atoms with E-state index in [1.807, 2.05) is 0 Å². The van der Waals surface area contributed by atoms with Gasteiger partial charge in [0.05, 0.1) is 19.3 Å². The van der Waals surface area contributed by atoms with E-state index in [1.54, 1.807) is 12.3 Å². The van der Waals surface area contributed by atoms with Crippen LogP contribution in [-0.4, -0.2) is 53.2 Å². The number of pyridine rings is 1. The van der Waals surface area contributed by atoms with Gasteiger partial charge in [-0.3, -0.25) is 9.69 Å². The first-order valence-corrected chi connectivity index (χ1v) is 7.94. The lowest BCUT2D eigenvalue weighted by atomic mass is 9.91. The van der Waals surface area contributed by atoms with Crippen LogP contribution in [0.15, 0.2) is 18.3 Å². The van der Waals surface area contributed by atoms with Gasteiger partial charge in [-0.05, 0) is 18.1 Å². The van der Waals surface area contributed by atoms with Crippen molar-refractivity contribution in [3.05, 3.63) is 18.3 Å². The van der Waals surface area contributed by atoms with Crippen molar-refractivity contribution < 1.29 is 14.6 Å². The van der Waals surface area contributed by atoms with Crippen LogP contribution in [0, 0.1) is 5.92 Å². The molecule has 0 bridgehead atoms. The van der Waals surface area contributed by atoms with Crippen molar-refractivity contribution in [3.8, 4) is 5.75 Å². The first kappa shape index (κ1) is 16.7. The van der Waals surface area contributed by atoms with Gasteiger partial charge >= 0.3 is 0 Å². The monoisotopic (exact) mass is 307 g/mol. The molecule has 1 amide bonds. The van der Waals surface area contributed by atoms with Crippen molar-refractivity contribution in [2.24, 2.45) is 5.92 Å². The zero-order chi connectivity index (χ0) is 15.9. The minimum atomic E-state index is -0.222. The first-order valence-electron chi connectivity index (χ1n) is 7.94. The second-order valence-corrected chi connectivity index (χ2v) is 5.53. The van der Waals surface area contributed by atoms with Crippen molar-refractivity contribution in [2.75, 3.05) is 31.6 Å². The molecule has 1 atom stereocenters. The molecule has 1 aliphatic heterocycles. The Labute approximate surface area is 131 Å². The van der Waals surface area contributed by atoms with Crippen LogP contribution < -0.4 is 5.32 Å². The molecule has 1 unspecified atom stereocenters. The van der Waals surface area contributed by atoms with Gasteiger partial charge in [-0.15, -0.1) is 0 Å². The number of rotatable bonds is 6. The van der Waals surface area contributed by atoms with E-state index in [0.717, 1.165) is 25.9 Å². The molecule has 0 saturated carbocycles. The van der Waals surface area contributed by atoms with Gasteiger partial charge < -0.3 is 15.2 Å². The molecule has 0 aliphatic carbocycles. The van der Waals surface area contributed by atoms with Gasteiger partial charge in [-0.25, -0.2) is 4.98 Å². The van der Waals surface area contributed by atoms with Crippen LogP contribution in [0.2, 0.25) is 0 Å². The van der Waals surface area contributed by atoms with Gasteiger partial charge in [-0.2, -0.15) is 0 Å². The molecule has 2 heterocycles. The third-order valence-electron chi connectivity index (χ3n) is 4.23. The highest BCUT2D eigenvalue weighted by Gasteiger charge is 2.33. The molecule has 1 saturated heterocycles. The SMILES string of the molecule is CCC(CC)C(C(=O)Nc1ncccc1O)N1CCOCC1. The van der Waals surface area contributed by atoms with Crippen LogP contribution in [0.25, 0.3) is 0 Å². The van der Waals surface area contributed by atoms with E-state index >= 15 is 0 Å². The number of anilines is 1. The molecule has 6 nitrogen and oxygen atoms in total. The van der Waals surface area contributed by atoms with Crippen LogP contribution in [0.3, 0.4) is 0 Å². The summed E-state index contributed by atoms with van der Waals surface area (Å²) in [5.74, 6) is 0.367. The lowest BCUT2D eigenvalue weighted by Crippen LogP contribution is -2.52. The molecule has 1 aliphatic rings. The Balaban J connectivity index is 2.16. The maximum absolute atomic E-state index is 12.8. The van der Waals surface area contributed by atoms with Gasteiger partial charge in [0, 0.05) is 19.3 Å². The summed E-state index contributed by atoms with van der Waals surface area (Å²) in [6, 6.07) is 2.93. The summed E-state index contributed by atoms with van der Waals surface area (Å²) in [5.41, 5.74) is 0. The molecule has 2 N–H and O–H groups in total. The van der Waals surface area contributed by atoms with Crippen molar-refractivity contribution in [1.29, 1.82) is 0 Å². The summed E-state index contributed by atoms with van der Waals surface area (Å²) in [7, 11) is 0. The van der Waals surface area contributed by atoms with E-state index in [4.69, 9.17) is 4.74 Å². The van der Waals surface area contributed by atoms with Gasteiger partial charge in [0.15, 0.2) is 11.6 Å². The quantitative estimate of drug-likeness (QED) is 0.839. The number of hydrogen-bond donors (Lipinski definition) is 2. The van der Waals surface area contributed by atoms with E-state index in [1.165, 1.54) is 6.07 Å². The Hall–Kier alpha value is -1.66. The van der Waals surface area contributed by atoms with E-state index < -0.39 is 0 Å². The highest BCUT2D eigenvalue weighted by Crippen LogP contribution is 2.24. The van der Waals surface area contributed by atoms with Crippen molar-refractivity contribution in [2.45, 2.75) is 32.7 Å². The van der Waals surface area contributed by atoms with Gasteiger partial charge in [0.2, 0.25) is 5.91 Å². The minimum Gasteiger partial charge on any atom is -0.504 e. The summed E-state index contributed by atoms with van der Waals surface area (Å²) in [5, 5.41) is 12.6. The first-order chi connectivity index (χ1) is 10.7. The zero-order valence-corrected chi connectivity index (χ0v) is 13.3. The summed E-state index contributed by atoms with van der Waals surface area (Å²) in [6.07, 6.45) is 3.41. The van der Waals surface area contributed by atoms with Gasteiger partial charge in [-0.1, -0.05) is 26.7 Å². The lowest BCUT2D eigenvalue weighted by Gasteiger charge is -2.37. The second kappa shape index (κ2) is 8.10. The highest BCUT2D eigenvalue weighted by molar-refractivity contribution is 5.95. The maximum atomic E-state index is 12.8. The predicted octanol–water partition coefficient (Wildman–Crippen LogP) is 1.86. The number of carbonyl (C=O) groups is 1. The molecule has 0 aromatic carbocycles. The maximum Gasteiger partial charge on any atom is 0.243 e. The van der Waals surface area contributed by atoms with Gasteiger partial charge in [0.25, 0.3) is 0 Å². The topological polar surface area (TPSA) is 74.7 Å². The largest absolute Gasteiger partial charge is 0.504 e. The number of nitrogens with one attached hydrogen (secondary N) is 1. The number of aromatic nitrogens is 1. The van der Waals surface area contributed by atoms with Gasteiger partial charge in [0.1, 0.15) is 0 Å². The molecule has 1 aromatic heterocycles. The van der Waals surface area contributed by atoms with E-state index in [-0.39, 0.29) is 29.4 Å². The fraction of sp³-hybridized carbons (Fsp3) is 0.625. The lowest BCUT2D eigenvalue weighted by molar-refractivity contribution is -0.125. The number of nitrogens with zero attached hydrogens (tertiary/aromatic N) is 2. The normalized spacial score (nSPS) is 17.4. The Morgan fingerprint density at radius 3 is 2.68 bits per heavy atom. The van der Waals surface area contributed by atoms with Crippen LogP contribution in [0.1, 0.15) is 26.7 Å². The molecule has 22 heavy (non-hydrogen) atoms. The molecule has 0 radical (unpaired) electrons. The minimum absolute atomic E-state index is 0.0128. The Bertz CT molecular complexity index is 485. The smallest absolute Gasteiger partial charge is 0.243 e. The Morgan fingerprint density at radius 1 is 1.41 bits per heavy atom. The van der Waals surface area contributed by atoms with Crippen LogP contribution in [-0.2, 0) is 9.53 Å². The fourth-order valence-corrected chi connectivity index (χ4v) is 2.95. The van der Waals surface area contributed by atoms with Crippen molar-refractivity contribution >= 4 is 11.7 Å². The third-order valence-corrected chi connectivity index (χ3v) is 4.23. The number of aromatic hydroxyl groups is 1. The molecular formula is C16H25N3O3. The number of carbonyl (C=O) groups excluding carboxylic acids is 1. The van der Waals surface area contributed by atoms with Crippen LogP contribution in [0.5, 0.6) is 5.75 Å². The average molecular weight is 307 g/mol. The third kappa shape index (κ3) is 3.96. The summed E-state index contributed by atoms with van der Waals surface area (Å²) in [6.45, 7) is 7.02. The van der Waals surface area contributed by atoms with Crippen molar-refractivity contribution in [3.63, 3.8) is 0 Å².